The molecule has 0 radical (unpaired) electrons. The molecule has 7 heteroatoms. The van der Waals surface area contributed by atoms with Crippen molar-refractivity contribution in [2.75, 3.05) is 26.2 Å². The van der Waals surface area contributed by atoms with Crippen LogP contribution in [-0.4, -0.2) is 43.1 Å². The smallest absolute Gasteiger partial charge is 0.419 e. The van der Waals surface area contributed by atoms with Gasteiger partial charge in [-0.1, -0.05) is 12.1 Å². The molecule has 2 fully saturated rings. The molecule has 0 aliphatic carbocycles. The van der Waals surface area contributed by atoms with E-state index >= 15 is 0 Å². The van der Waals surface area contributed by atoms with Crippen molar-refractivity contribution in [2.45, 2.75) is 32.0 Å². The maximum atomic E-state index is 13.1. The number of hydrogen-bond donors (Lipinski definition) is 1. The zero-order valence-corrected chi connectivity index (χ0v) is 14.2. The SMILES string of the molecule is CC(Oc1ccccc1C(F)(F)F)C(=O)N1CC[C@@H]2CNC[C@@H]2CC1. The van der Waals surface area contributed by atoms with Gasteiger partial charge in [0.05, 0.1) is 5.56 Å². The van der Waals surface area contributed by atoms with Crippen LogP contribution in [0.25, 0.3) is 0 Å². The van der Waals surface area contributed by atoms with Crippen molar-refractivity contribution in [1.29, 1.82) is 0 Å². The van der Waals surface area contributed by atoms with Crippen molar-refractivity contribution in [3.8, 4) is 5.75 Å². The highest BCUT2D eigenvalue weighted by atomic mass is 19.4. The third-order valence-corrected chi connectivity index (χ3v) is 5.17. The van der Waals surface area contributed by atoms with Crippen molar-refractivity contribution < 1.29 is 22.7 Å². The molecule has 3 atom stereocenters. The Morgan fingerprint density at radius 2 is 1.80 bits per heavy atom. The summed E-state index contributed by atoms with van der Waals surface area (Å²) in [7, 11) is 0. The summed E-state index contributed by atoms with van der Waals surface area (Å²) in [6.07, 6.45) is -3.60. The Bertz CT molecular complexity index is 607. The number of fused-ring (bicyclic) bond motifs is 1. The Morgan fingerprint density at radius 1 is 1.20 bits per heavy atom. The highest BCUT2D eigenvalue weighted by molar-refractivity contribution is 5.81. The van der Waals surface area contributed by atoms with Crippen LogP contribution in [0.4, 0.5) is 13.2 Å². The molecular formula is C18H23F3N2O2. The Hall–Kier alpha value is -1.76. The maximum absolute atomic E-state index is 13.1. The van der Waals surface area contributed by atoms with E-state index in [0.717, 1.165) is 32.0 Å². The summed E-state index contributed by atoms with van der Waals surface area (Å²) >= 11 is 0. The number of likely N-dealkylation sites (tertiary alicyclic amines) is 1. The molecule has 0 bridgehead atoms. The second-order valence-electron chi connectivity index (χ2n) is 6.84. The second kappa shape index (κ2) is 7.23. The minimum absolute atomic E-state index is 0.245. The second-order valence-corrected chi connectivity index (χ2v) is 6.84. The molecule has 1 unspecified atom stereocenters. The van der Waals surface area contributed by atoms with E-state index in [1.807, 2.05) is 0 Å². The Morgan fingerprint density at radius 3 is 2.40 bits per heavy atom. The van der Waals surface area contributed by atoms with Gasteiger partial charge >= 0.3 is 6.18 Å². The first-order valence-electron chi connectivity index (χ1n) is 8.68. The molecule has 2 aliphatic heterocycles. The number of hydrogen-bond acceptors (Lipinski definition) is 3. The lowest BCUT2D eigenvalue weighted by molar-refractivity contribution is -0.143. The number of alkyl halides is 3. The number of carbonyl (C=O) groups excluding carboxylic acids is 1. The third-order valence-electron chi connectivity index (χ3n) is 5.17. The number of nitrogens with zero attached hydrogens (tertiary/aromatic N) is 1. The summed E-state index contributed by atoms with van der Waals surface area (Å²) in [4.78, 5) is 14.4. The molecule has 138 valence electrons. The lowest BCUT2D eigenvalue weighted by atomic mass is 9.92. The average Bonchev–Trinajstić information content (AvgIpc) is 2.92. The van der Waals surface area contributed by atoms with Gasteiger partial charge in [-0.3, -0.25) is 4.79 Å². The zero-order valence-electron chi connectivity index (χ0n) is 14.2. The molecule has 1 aromatic carbocycles. The third kappa shape index (κ3) is 4.08. The van der Waals surface area contributed by atoms with Gasteiger partial charge in [0.25, 0.3) is 5.91 Å². The van der Waals surface area contributed by atoms with E-state index in [-0.39, 0.29) is 11.7 Å². The Balaban J connectivity index is 1.65. The first-order valence-corrected chi connectivity index (χ1v) is 8.68. The van der Waals surface area contributed by atoms with Crippen molar-refractivity contribution in [3.05, 3.63) is 29.8 Å². The van der Waals surface area contributed by atoms with Crippen LogP contribution in [0.2, 0.25) is 0 Å². The van der Waals surface area contributed by atoms with Crippen LogP contribution in [0.15, 0.2) is 24.3 Å². The standard InChI is InChI=1S/C18H23F3N2O2/c1-12(25-16-5-3-2-4-15(16)18(19,20)21)17(24)23-8-6-13-10-22-11-14(13)7-9-23/h2-5,12-14,22H,6-11H2,1H3/t12?,13-,14+. The minimum Gasteiger partial charge on any atom is -0.480 e. The molecule has 4 nitrogen and oxygen atoms in total. The number of para-hydroxylation sites is 1. The maximum Gasteiger partial charge on any atom is 0.419 e. The number of halogens is 3. The van der Waals surface area contributed by atoms with Crippen molar-refractivity contribution in [3.63, 3.8) is 0 Å². The number of nitrogens with one attached hydrogen (secondary N) is 1. The Labute approximate surface area is 145 Å². The summed E-state index contributed by atoms with van der Waals surface area (Å²) < 4.78 is 44.6. The number of benzene rings is 1. The average molecular weight is 356 g/mol. The van der Waals surface area contributed by atoms with Gasteiger partial charge in [-0.05, 0) is 56.8 Å². The van der Waals surface area contributed by atoms with Gasteiger partial charge in [0.15, 0.2) is 6.10 Å². The van der Waals surface area contributed by atoms with Crippen LogP contribution in [-0.2, 0) is 11.0 Å². The van der Waals surface area contributed by atoms with Gasteiger partial charge < -0.3 is 15.0 Å². The zero-order chi connectivity index (χ0) is 18.0. The predicted octanol–water partition coefficient (Wildman–Crippen LogP) is 2.93. The first-order chi connectivity index (χ1) is 11.9. The molecule has 2 heterocycles. The monoisotopic (exact) mass is 356 g/mol. The number of rotatable bonds is 3. The molecule has 1 aromatic rings. The van der Waals surface area contributed by atoms with Gasteiger partial charge in [0.2, 0.25) is 0 Å². The van der Waals surface area contributed by atoms with Crippen molar-refractivity contribution in [1.82, 2.24) is 10.2 Å². The minimum atomic E-state index is -4.51. The van der Waals surface area contributed by atoms with Crippen LogP contribution in [0.3, 0.4) is 0 Å². The topological polar surface area (TPSA) is 41.6 Å². The molecular weight excluding hydrogens is 333 g/mol. The van der Waals surface area contributed by atoms with E-state index in [0.29, 0.717) is 24.9 Å². The van der Waals surface area contributed by atoms with Crippen LogP contribution in [0.5, 0.6) is 5.75 Å². The van der Waals surface area contributed by atoms with E-state index in [2.05, 4.69) is 5.32 Å². The van der Waals surface area contributed by atoms with Crippen LogP contribution < -0.4 is 10.1 Å². The molecule has 0 aromatic heterocycles. The van der Waals surface area contributed by atoms with E-state index in [1.165, 1.54) is 25.1 Å². The summed E-state index contributed by atoms with van der Waals surface area (Å²) in [5.74, 6) is 0.622. The normalized spacial score (nSPS) is 25.2. The van der Waals surface area contributed by atoms with Crippen molar-refractivity contribution >= 4 is 5.91 Å². The van der Waals surface area contributed by atoms with Gasteiger partial charge in [-0.15, -0.1) is 0 Å². The van der Waals surface area contributed by atoms with E-state index in [4.69, 9.17) is 4.74 Å². The first kappa shape index (κ1) is 18.0. The molecule has 3 rings (SSSR count). The summed E-state index contributed by atoms with van der Waals surface area (Å²) in [6, 6.07) is 5.00. The lowest BCUT2D eigenvalue weighted by Gasteiger charge is -2.25. The molecule has 1 amide bonds. The molecule has 1 N–H and O–H groups in total. The fourth-order valence-electron chi connectivity index (χ4n) is 3.74. The van der Waals surface area contributed by atoms with Gasteiger partial charge in [0.1, 0.15) is 5.75 Å². The largest absolute Gasteiger partial charge is 0.480 e. The quantitative estimate of drug-likeness (QED) is 0.905. The number of ether oxygens (including phenoxy) is 1. The summed E-state index contributed by atoms with van der Waals surface area (Å²) in [6.45, 7) is 4.75. The summed E-state index contributed by atoms with van der Waals surface area (Å²) in [5, 5.41) is 3.38. The molecule has 0 saturated carbocycles. The van der Waals surface area contributed by atoms with Gasteiger partial charge in [0, 0.05) is 13.1 Å². The predicted molar refractivity (Wildman–Crippen MR) is 87.2 cm³/mol. The van der Waals surface area contributed by atoms with E-state index < -0.39 is 17.8 Å². The molecule has 0 spiro atoms. The molecule has 2 aliphatic rings. The van der Waals surface area contributed by atoms with Gasteiger partial charge in [-0.25, -0.2) is 0 Å². The number of amides is 1. The van der Waals surface area contributed by atoms with Crippen LogP contribution in [0, 0.1) is 11.8 Å². The fraction of sp³-hybridized carbons (Fsp3) is 0.611. The molecule has 25 heavy (non-hydrogen) atoms. The lowest BCUT2D eigenvalue weighted by Crippen LogP contribution is -2.41. The number of carbonyl (C=O) groups is 1. The van der Waals surface area contributed by atoms with Crippen LogP contribution in [0.1, 0.15) is 25.3 Å². The highest BCUT2D eigenvalue weighted by Crippen LogP contribution is 2.36. The van der Waals surface area contributed by atoms with E-state index in [1.54, 1.807) is 4.90 Å². The summed E-state index contributed by atoms with van der Waals surface area (Å²) in [5.41, 5.74) is -0.855. The fourth-order valence-corrected chi connectivity index (χ4v) is 3.74. The highest BCUT2D eigenvalue weighted by Gasteiger charge is 2.36. The molecule has 2 saturated heterocycles. The van der Waals surface area contributed by atoms with Crippen molar-refractivity contribution in [2.24, 2.45) is 11.8 Å². The van der Waals surface area contributed by atoms with Crippen LogP contribution >= 0.6 is 0 Å². The van der Waals surface area contributed by atoms with E-state index in [9.17, 15) is 18.0 Å². The Kier molecular flexibility index (Phi) is 5.22. The van der Waals surface area contributed by atoms with Gasteiger partial charge in [-0.2, -0.15) is 13.2 Å².